The summed E-state index contributed by atoms with van der Waals surface area (Å²) < 4.78 is 5.47. The van der Waals surface area contributed by atoms with Gasteiger partial charge in [0.1, 0.15) is 0 Å². The number of nitrogens with zero attached hydrogens (tertiary/aromatic N) is 2. The summed E-state index contributed by atoms with van der Waals surface area (Å²) in [6.07, 6.45) is 3.28. The Kier molecular flexibility index (Phi) is 8.79. The van der Waals surface area contributed by atoms with Crippen molar-refractivity contribution in [2.75, 3.05) is 59.5 Å². The molecule has 0 saturated carbocycles. The zero-order chi connectivity index (χ0) is 13.9. The van der Waals surface area contributed by atoms with Gasteiger partial charge in [-0.25, -0.2) is 0 Å². The number of piperazine rings is 1. The first-order valence-corrected chi connectivity index (χ1v) is 7.48. The van der Waals surface area contributed by atoms with Gasteiger partial charge in [0, 0.05) is 39.4 Å². The van der Waals surface area contributed by atoms with Crippen molar-refractivity contribution in [1.82, 2.24) is 15.1 Å². The van der Waals surface area contributed by atoms with Crippen molar-refractivity contribution in [1.29, 1.82) is 0 Å². The Bertz CT molecular complexity index is 241. The summed E-state index contributed by atoms with van der Waals surface area (Å²) in [6.45, 7) is 8.80. The minimum atomic E-state index is 0.222. The quantitative estimate of drug-likeness (QED) is 0.622. The average Bonchev–Trinajstić information content (AvgIpc) is 2.42. The van der Waals surface area contributed by atoms with Gasteiger partial charge in [-0.2, -0.15) is 0 Å². The van der Waals surface area contributed by atoms with Crippen LogP contribution in [0.4, 0.5) is 0 Å². The van der Waals surface area contributed by atoms with Gasteiger partial charge < -0.3 is 19.9 Å². The molecule has 0 aliphatic carbocycles. The van der Waals surface area contributed by atoms with Crippen LogP contribution in [0.25, 0.3) is 0 Å². The lowest BCUT2D eigenvalue weighted by atomic mass is 10.3. The maximum atomic E-state index is 11.9. The van der Waals surface area contributed by atoms with Crippen molar-refractivity contribution in [2.45, 2.75) is 26.2 Å². The van der Waals surface area contributed by atoms with Crippen molar-refractivity contribution in [3.05, 3.63) is 0 Å². The Hall–Kier alpha value is -0.650. The molecule has 0 aromatic carbocycles. The topological polar surface area (TPSA) is 44.8 Å². The van der Waals surface area contributed by atoms with Crippen LogP contribution in [-0.4, -0.2) is 75.2 Å². The third kappa shape index (κ3) is 7.50. The summed E-state index contributed by atoms with van der Waals surface area (Å²) in [5.41, 5.74) is 0. The summed E-state index contributed by atoms with van der Waals surface area (Å²) in [5, 5.41) is 3.20. The first-order valence-electron chi connectivity index (χ1n) is 7.48. The highest BCUT2D eigenvalue weighted by Crippen LogP contribution is 1.98. The molecule has 1 aliphatic rings. The van der Waals surface area contributed by atoms with E-state index in [2.05, 4.69) is 24.2 Å². The highest BCUT2D eigenvalue weighted by atomic mass is 16.5. The van der Waals surface area contributed by atoms with Crippen LogP contribution >= 0.6 is 0 Å². The van der Waals surface area contributed by atoms with Crippen LogP contribution in [0, 0.1) is 0 Å². The van der Waals surface area contributed by atoms with Crippen molar-refractivity contribution < 1.29 is 9.53 Å². The van der Waals surface area contributed by atoms with Crippen LogP contribution < -0.4 is 5.32 Å². The number of ether oxygens (including phenoxy) is 1. The number of carbonyl (C=O) groups is 1. The predicted octanol–water partition coefficient (Wildman–Crippen LogP) is 0.557. The van der Waals surface area contributed by atoms with E-state index in [0.29, 0.717) is 6.54 Å². The zero-order valence-corrected chi connectivity index (χ0v) is 12.5. The van der Waals surface area contributed by atoms with Crippen molar-refractivity contribution in [2.24, 2.45) is 0 Å². The Morgan fingerprint density at radius 2 is 1.84 bits per heavy atom. The maximum absolute atomic E-state index is 11.9. The normalized spacial score (nSPS) is 16.8. The molecule has 1 aliphatic heterocycles. The van der Waals surface area contributed by atoms with E-state index in [4.69, 9.17) is 4.74 Å². The highest BCUT2D eigenvalue weighted by molar-refractivity contribution is 5.78. The molecule has 1 rings (SSSR count). The smallest absolute Gasteiger partial charge is 0.236 e. The highest BCUT2D eigenvalue weighted by Gasteiger charge is 2.17. The van der Waals surface area contributed by atoms with Crippen molar-refractivity contribution >= 4 is 5.91 Å². The van der Waals surface area contributed by atoms with E-state index in [0.717, 1.165) is 58.8 Å². The summed E-state index contributed by atoms with van der Waals surface area (Å²) in [4.78, 5) is 16.1. The molecule has 0 spiro atoms. The van der Waals surface area contributed by atoms with Crippen LogP contribution in [0.15, 0.2) is 0 Å². The number of rotatable bonds is 9. The Labute approximate surface area is 117 Å². The SMILES string of the molecule is CCCCOCCCNCC(=O)N1CCN(C)CC1. The van der Waals surface area contributed by atoms with Gasteiger partial charge in [0.15, 0.2) is 0 Å². The van der Waals surface area contributed by atoms with E-state index >= 15 is 0 Å². The van der Waals surface area contributed by atoms with Crippen LogP contribution in [0.1, 0.15) is 26.2 Å². The molecule has 0 bridgehead atoms. The fraction of sp³-hybridized carbons (Fsp3) is 0.929. The average molecular weight is 271 g/mol. The molecule has 1 heterocycles. The summed E-state index contributed by atoms with van der Waals surface area (Å²) >= 11 is 0. The number of amides is 1. The first kappa shape index (κ1) is 16.4. The fourth-order valence-electron chi connectivity index (χ4n) is 2.01. The lowest BCUT2D eigenvalue weighted by molar-refractivity contribution is -0.131. The van der Waals surface area contributed by atoms with E-state index in [-0.39, 0.29) is 5.91 Å². The molecule has 1 saturated heterocycles. The fourth-order valence-corrected chi connectivity index (χ4v) is 2.01. The maximum Gasteiger partial charge on any atom is 0.236 e. The van der Waals surface area contributed by atoms with E-state index in [1.54, 1.807) is 0 Å². The molecular formula is C14H29N3O2. The monoisotopic (exact) mass is 271 g/mol. The predicted molar refractivity (Wildman–Crippen MR) is 77.3 cm³/mol. The molecular weight excluding hydrogens is 242 g/mol. The Morgan fingerprint density at radius 3 is 2.53 bits per heavy atom. The summed E-state index contributed by atoms with van der Waals surface area (Å²) in [7, 11) is 2.10. The molecule has 19 heavy (non-hydrogen) atoms. The van der Waals surface area contributed by atoms with E-state index < -0.39 is 0 Å². The molecule has 112 valence electrons. The Balaban J connectivity index is 1.93. The van der Waals surface area contributed by atoms with Gasteiger partial charge in [0.25, 0.3) is 0 Å². The number of hydrogen-bond donors (Lipinski definition) is 1. The van der Waals surface area contributed by atoms with Gasteiger partial charge in [0.05, 0.1) is 6.54 Å². The van der Waals surface area contributed by atoms with Crippen LogP contribution in [-0.2, 0) is 9.53 Å². The van der Waals surface area contributed by atoms with Crippen LogP contribution in [0.5, 0.6) is 0 Å². The number of likely N-dealkylation sites (N-methyl/N-ethyl adjacent to an activating group) is 1. The number of carbonyl (C=O) groups excluding carboxylic acids is 1. The molecule has 5 nitrogen and oxygen atoms in total. The van der Waals surface area contributed by atoms with Gasteiger partial charge >= 0.3 is 0 Å². The van der Waals surface area contributed by atoms with E-state index in [1.807, 2.05) is 4.90 Å². The van der Waals surface area contributed by atoms with Gasteiger partial charge in [0.2, 0.25) is 5.91 Å². The summed E-state index contributed by atoms with van der Waals surface area (Å²) in [6, 6.07) is 0. The molecule has 1 N–H and O–H groups in total. The zero-order valence-electron chi connectivity index (χ0n) is 12.5. The second-order valence-corrected chi connectivity index (χ2v) is 5.18. The molecule has 1 amide bonds. The largest absolute Gasteiger partial charge is 0.381 e. The second kappa shape index (κ2) is 10.2. The van der Waals surface area contributed by atoms with Crippen molar-refractivity contribution in [3.63, 3.8) is 0 Å². The van der Waals surface area contributed by atoms with E-state index in [9.17, 15) is 4.79 Å². The number of unbranched alkanes of at least 4 members (excludes halogenated alkanes) is 1. The molecule has 0 radical (unpaired) electrons. The third-order valence-corrected chi connectivity index (χ3v) is 3.42. The molecule has 1 fully saturated rings. The summed E-state index contributed by atoms with van der Waals surface area (Å²) in [5.74, 6) is 0.222. The molecule has 0 atom stereocenters. The van der Waals surface area contributed by atoms with E-state index in [1.165, 1.54) is 6.42 Å². The first-order chi connectivity index (χ1) is 9.24. The van der Waals surface area contributed by atoms with Crippen LogP contribution in [0.3, 0.4) is 0 Å². The third-order valence-electron chi connectivity index (χ3n) is 3.42. The number of hydrogen-bond acceptors (Lipinski definition) is 4. The molecule has 0 aromatic heterocycles. The Morgan fingerprint density at radius 1 is 1.16 bits per heavy atom. The molecule has 0 aromatic rings. The second-order valence-electron chi connectivity index (χ2n) is 5.18. The molecule has 0 unspecified atom stereocenters. The molecule has 5 heteroatoms. The van der Waals surface area contributed by atoms with Gasteiger partial charge in [-0.05, 0) is 26.4 Å². The van der Waals surface area contributed by atoms with Gasteiger partial charge in [-0.3, -0.25) is 4.79 Å². The minimum Gasteiger partial charge on any atom is -0.381 e. The van der Waals surface area contributed by atoms with Crippen molar-refractivity contribution in [3.8, 4) is 0 Å². The lowest BCUT2D eigenvalue weighted by Crippen LogP contribution is -2.49. The van der Waals surface area contributed by atoms with Crippen LogP contribution in [0.2, 0.25) is 0 Å². The lowest BCUT2D eigenvalue weighted by Gasteiger charge is -2.32. The minimum absolute atomic E-state index is 0.222. The van der Waals surface area contributed by atoms with Gasteiger partial charge in [-0.1, -0.05) is 13.3 Å². The van der Waals surface area contributed by atoms with Gasteiger partial charge in [-0.15, -0.1) is 0 Å². The standard InChI is InChI=1S/C14H29N3O2/c1-3-4-11-19-12-5-6-15-13-14(18)17-9-7-16(2)8-10-17/h15H,3-13H2,1-2H3. The number of nitrogens with one attached hydrogen (secondary N) is 1.